The molecule has 2 rings (SSSR count). The fraction of sp³-hybridized carbons (Fsp3) is 0.417. The standard InChI is InChI=1S/C12H11F3O7S/c1-5-3-7(8(17)6(2)16)10-11(21-4-20-10)9(5)22-23(18,19)12(13,14)15/h3,8,17H,4H2,1-2H3. The quantitative estimate of drug-likeness (QED) is 0.646. The van der Waals surface area contributed by atoms with Crippen LogP contribution in [0.2, 0.25) is 0 Å². The summed E-state index contributed by atoms with van der Waals surface area (Å²) in [6, 6.07) is 1.10. The lowest BCUT2D eigenvalue weighted by Gasteiger charge is -2.16. The number of rotatable bonds is 4. The normalized spacial score (nSPS) is 15.4. The fourth-order valence-electron chi connectivity index (χ4n) is 1.89. The predicted octanol–water partition coefficient (Wildman–Crippen LogP) is 1.57. The molecule has 1 heterocycles. The van der Waals surface area contributed by atoms with Gasteiger partial charge in [-0.2, -0.15) is 21.6 Å². The van der Waals surface area contributed by atoms with Gasteiger partial charge in [0.1, 0.15) is 6.10 Å². The Labute approximate surface area is 128 Å². The van der Waals surface area contributed by atoms with Crippen molar-refractivity contribution < 1.29 is 45.1 Å². The van der Waals surface area contributed by atoms with Crippen LogP contribution in [0.1, 0.15) is 24.2 Å². The number of benzene rings is 1. The van der Waals surface area contributed by atoms with E-state index in [2.05, 4.69) is 4.18 Å². The molecule has 0 bridgehead atoms. The molecule has 1 unspecified atom stereocenters. The van der Waals surface area contributed by atoms with Gasteiger partial charge in [-0.1, -0.05) is 0 Å². The van der Waals surface area contributed by atoms with E-state index in [0.29, 0.717) is 0 Å². The van der Waals surface area contributed by atoms with Crippen molar-refractivity contribution in [2.45, 2.75) is 25.5 Å². The summed E-state index contributed by atoms with van der Waals surface area (Å²) in [6.07, 6.45) is -1.60. The largest absolute Gasteiger partial charge is 0.534 e. The molecule has 0 aliphatic carbocycles. The Hall–Kier alpha value is -2.01. The van der Waals surface area contributed by atoms with Crippen LogP contribution in [-0.4, -0.2) is 31.6 Å². The lowest BCUT2D eigenvalue weighted by atomic mass is 10.0. The highest BCUT2D eigenvalue weighted by atomic mass is 32.2. The number of ketones is 1. The lowest BCUT2D eigenvalue weighted by Crippen LogP contribution is -2.28. The van der Waals surface area contributed by atoms with Crippen molar-refractivity contribution in [2.24, 2.45) is 0 Å². The topological polar surface area (TPSA) is 99.1 Å². The van der Waals surface area contributed by atoms with Crippen molar-refractivity contribution in [3.8, 4) is 17.2 Å². The van der Waals surface area contributed by atoms with E-state index in [1.165, 1.54) is 6.92 Å². The molecule has 1 aliphatic rings. The minimum absolute atomic E-state index is 0.0562. The summed E-state index contributed by atoms with van der Waals surface area (Å²) in [5.41, 5.74) is -5.76. The molecule has 1 aromatic rings. The molecular weight excluding hydrogens is 345 g/mol. The van der Waals surface area contributed by atoms with Crippen molar-refractivity contribution in [1.82, 2.24) is 0 Å². The number of aliphatic hydroxyl groups excluding tert-OH is 1. The lowest BCUT2D eigenvalue weighted by molar-refractivity contribution is -0.125. The van der Waals surface area contributed by atoms with Gasteiger partial charge in [-0.25, -0.2) is 0 Å². The molecule has 0 fully saturated rings. The van der Waals surface area contributed by atoms with E-state index in [0.717, 1.165) is 13.0 Å². The Kier molecular flexibility index (Phi) is 4.20. The first kappa shape index (κ1) is 17.3. The van der Waals surface area contributed by atoms with E-state index >= 15 is 0 Å². The number of fused-ring (bicyclic) bond motifs is 1. The second-order valence-corrected chi connectivity index (χ2v) is 6.21. The van der Waals surface area contributed by atoms with Gasteiger partial charge >= 0.3 is 15.6 Å². The van der Waals surface area contributed by atoms with Crippen LogP contribution < -0.4 is 13.7 Å². The molecule has 7 nitrogen and oxygen atoms in total. The molecule has 1 aliphatic heterocycles. The van der Waals surface area contributed by atoms with E-state index in [4.69, 9.17) is 9.47 Å². The van der Waals surface area contributed by atoms with Gasteiger partial charge in [0.05, 0.1) is 0 Å². The van der Waals surface area contributed by atoms with Crippen LogP contribution in [0, 0.1) is 6.92 Å². The van der Waals surface area contributed by atoms with Gasteiger partial charge in [0.2, 0.25) is 12.5 Å². The third kappa shape index (κ3) is 3.06. The zero-order valence-corrected chi connectivity index (χ0v) is 12.6. The SMILES string of the molecule is CC(=O)C(O)c1cc(C)c(OS(=O)(=O)C(F)(F)F)c2c1OCO2. The number of Topliss-reactive ketones (excluding diaryl/α,β-unsaturated/α-hetero) is 1. The molecule has 0 saturated heterocycles. The van der Waals surface area contributed by atoms with Gasteiger partial charge in [0.15, 0.2) is 17.3 Å². The molecule has 128 valence electrons. The number of carbonyl (C=O) groups excluding carboxylic acids is 1. The minimum atomic E-state index is -5.91. The summed E-state index contributed by atoms with van der Waals surface area (Å²) in [7, 11) is -5.91. The third-order valence-corrected chi connectivity index (χ3v) is 3.92. The highest BCUT2D eigenvalue weighted by molar-refractivity contribution is 7.88. The molecule has 0 saturated carbocycles. The Morgan fingerprint density at radius 2 is 1.91 bits per heavy atom. The summed E-state index contributed by atoms with van der Waals surface area (Å²) in [5, 5.41) is 9.81. The number of halogens is 3. The highest BCUT2D eigenvalue weighted by Gasteiger charge is 2.49. The first-order valence-corrected chi connectivity index (χ1v) is 7.49. The van der Waals surface area contributed by atoms with Crippen molar-refractivity contribution >= 4 is 15.9 Å². The zero-order chi connectivity index (χ0) is 17.6. The van der Waals surface area contributed by atoms with Gasteiger partial charge in [-0.3, -0.25) is 4.79 Å². The van der Waals surface area contributed by atoms with E-state index in [1.54, 1.807) is 0 Å². The summed E-state index contributed by atoms with van der Waals surface area (Å²) in [4.78, 5) is 11.3. The van der Waals surface area contributed by atoms with Crippen LogP contribution in [0.15, 0.2) is 6.07 Å². The number of carbonyl (C=O) groups is 1. The number of alkyl halides is 3. The molecule has 1 aromatic carbocycles. The van der Waals surface area contributed by atoms with Crippen LogP contribution in [0.5, 0.6) is 17.2 Å². The molecule has 1 atom stereocenters. The Bertz CT molecular complexity index is 755. The average Bonchev–Trinajstić information content (AvgIpc) is 2.88. The second-order valence-electron chi connectivity index (χ2n) is 4.67. The van der Waals surface area contributed by atoms with Crippen LogP contribution in [0.4, 0.5) is 13.2 Å². The van der Waals surface area contributed by atoms with E-state index < -0.39 is 45.8 Å². The Morgan fingerprint density at radius 3 is 2.43 bits per heavy atom. The molecular formula is C12H11F3O7S. The van der Waals surface area contributed by atoms with Crippen LogP contribution in [0.3, 0.4) is 0 Å². The molecule has 23 heavy (non-hydrogen) atoms. The average molecular weight is 356 g/mol. The number of ether oxygens (including phenoxy) is 2. The minimum Gasteiger partial charge on any atom is -0.453 e. The van der Waals surface area contributed by atoms with Crippen molar-refractivity contribution in [2.75, 3.05) is 6.79 Å². The van der Waals surface area contributed by atoms with Crippen LogP contribution in [0.25, 0.3) is 0 Å². The summed E-state index contributed by atoms with van der Waals surface area (Å²) < 4.78 is 73.7. The fourth-order valence-corrected chi connectivity index (χ4v) is 2.41. The summed E-state index contributed by atoms with van der Waals surface area (Å²) >= 11 is 0. The van der Waals surface area contributed by atoms with Gasteiger partial charge < -0.3 is 18.8 Å². The molecule has 0 spiro atoms. The highest BCUT2D eigenvalue weighted by Crippen LogP contribution is 2.48. The molecule has 0 amide bonds. The van der Waals surface area contributed by atoms with Gasteiger partial charge in [-0.05, 0) is 25.5 Å². The van der Waals surface area contributed by atoms with E-state index in [9.17, 15) is 31.5 Å². The first-order valence-electron chi connectivity index (χ1n) is 6.08. The zero-order valence-electron chi connectivity index (χ0n) is 11.8. The number of aliphatic hydroxyl groups is 1. The maximum Gasteiger partial charge on any atom is 0.534 e. The maximum atomic E-state index is 12.4. The van der Waals surface area contributed by atoms with E-state index in [1.807, 2.05) is 0 Å². The van der Waals surface area contributed by atoms with E-state index in [-0.39, 0.29) is 16.9 Å². The van der Waals surface area contributed by atoms with Gasteiger partial charge in [0.25, 0.3) is 0 Å². The third-order valence-electron chi connectivity index (χ3n) is 2.97. The first-order chi connectivity index (χ1) is 10.5. The Balaban J connectivity index is 2.57. The van der Waals surface area contributed by atoms with Crippen LogP contribution in [-0.2, 0) is 14.9 Å². The summed E-state index contributed by atoms with van der Waals surface area (Å²) in [5.74, 6) is -2.02. The number of hydrogen-bond acceptors (Lipinski definition) is 7. The molecule has 0 aromatic heterocycles. The second kappa shape index (κ2) is 5.57. The smallest absolute Gasteiger partial charge is 0.453 e. The van der Waals surface area contributed by atoms with Crippen molar-refractivity contribution in [1.29, 1.82) is 0 Å². The van der Waals surface area contributed by atoms with Gasteiger partial charge in [0, 0.05) is 5.56 Å². The summed E-state index contributed by atoms with van der Waals surface area (Å²) in [6.45, 7) is 1.90. The number of hydrogen-bond donors (Lipinski definition) is 1. The van der Waals surface area contributed by atoms with Crippen LogP contribution >= 0.6 is 0 Å². The Morgan fingerprint density at radius 1 is 1.35 bits per heavy atom. The molecule has 1 N–H and O–H groups in total. The number of aryl methyl sites for hydroxylation is 1. The van der Waals surface area contributed by atoms with Crippen molar-refractivity contribution in [3.05, 3.63) is 17.2 Å². The van der Waals surface area contributed by atoms with Crippen molar-refractivity contribution in [3.63, 3.8) is 0 Å². The maximum absolute atomic E-state index is 12.4. The monoisotopic (exact) mass is 356 g/mol. The molecule has 11 heteroatoms. The predicted molar refractivity (Wildman–Crippen MR) is 68.5 cm³/mol. The van der Waals surface area contributed by atoms with Gasteiger partial charge in [-0.15, -0.1) is 0 Å². The molecule has 0 radical (unpaired) electrons.